The molecule has 1 aliphatic rings. The predicted octanol–water partition coefficient (Wildman–Crippen LogP) is 4.22. The van der Waals surface area contributed by atoms with Gasteiger partial charge in [0.15, 0.2) is 0 Å². The number of ether oxygens (including phenoxy) is 1. The summed E-state index contributed by atoms with van der Waals surface area (Å²) in [4.78, 5) is 18.4. The molecule has 1 amide bonds. The fourth-order valence-electron chi connectivity index (χ4n) is 3.51. The maximum Gasteiger partial charge on any atom is 0.227 e. The number of benzene rings is 2. The molecule has 4 nitrogen and oxygen atoms in total. The second-order valence-corrected chi connectivity index (χ2v) is 7.14. The van der Waals surface area contributed by atoms with Crippen LogP contribution >= 0.6 is 0 Å². The molecular formula is C22H24N2O2. The molecule has 1 fully saturated rings. The van der Waals surface area contributed by atoms with Crippen molar-refractivity contribution in [3.8, 4) is 5.75 Å². The number of hydrogen-bond acceptors (Lipinski definition) is 2. The second-order valence-electron chi connectivity index (χ2n) is 7.14. The quantitative estimate of drug-likeness (QED) is 0.725. The van der Waals surface area contributed by atoms with Crippen LogP contribution in [0.3, 0.4) is 0 Å². The molecule has 134 valence electrons. The van der Waals surface area contributed by atoms with Crippen molar-refractivity contribution in [2.75, 3.05) is 7.11 Å². The Balaban J connectivity index is 1.55. The van der Waals surface area contributed by atoms with Gasteiger partial charge in [-0.3, -0.25) is 4.79 Å². The van der Waals surface area contributed by atoms with Crippen molar-refractivity contribution in [1.82, 2.24) is 9.88 Å². The van der Waals surface area contributed by atoms with E-state index in [0.29, 0.717) is 19.0 Å². The number of hydrogen-bond donors (Lipinski definition) is 1. The first kappa shape index (κ1) is 16.7. The van der Waals surface area contributed by atoms with Gasteiger partial charge < -0.3 is 14.6 Å². The Bertz CT molecular complexity index is 940. The highest BCUT2D eigenvalue weighted by Crippen LogP contribution is 2.30. The van der Waals surface area contributed by atoms with E-state index in [1.807, 2.05) is 29.3 Å². The summed E-state index contributed by atoms with van der Waals surface area (Å²) < 4.78 is 5.33. The maximum atomic E-state index is 13.1. The van der Waals surface area contributed by atoms with Gasteiger partial charge in [-0.15, -0.1) is 0 Å². The van der Waals surface area contributed by atoms with E-state index < -0.39 is 0 Å². The fraction of sp³-hybridized carbons (Fsp3) is 0.318. The molecule has 1 saturated carbocycles. The van der Waals surface area contributed by atoms with Crippen LogP contribution in [0, 0.1) is 6.92 Å². The molecule has 1 heterocycles. The van der Waals surface area contributed by atoms with Gasteiger partial charge in [0.1, 0.15) is 5.75 Å². The molecule has 3 aromatic rings. The Morgan fingerprint density at radius 1 is 1.23 bits per heavy atom. The fourth-order valence-corrected chi connectivity index (χ4v) is 3.51. The van der Waals surface area contributed by atoms with Crippen molar-refractivity contribution >= 4 is 16.8 Å². The van der Waals surface area contributed by atoms with E-state index in [1.54, 1.807) is 7.11 Å². The molecule has 1 N–H and O–H groups in total. The van der Waals surface area contributed by atoms with Crippen LogP contribution < -0.4 is 4.74 Å². The molecule has 0 bridgehead atoms. The molecule has 2 aromatic carbocycles. The highest BCUT2D eigenvalue weighted by Gasteiger charge is 2.32. The molecule has 4 rings (SSSR count). The largest absolute Gasteiger partial charge is 0.497 e. The van der Waals surface area contributed by atoms with Crippen LogP contribution in [-0.4, -0.2) is 28.9 Å². The molecule has 1 aliphatic carbocycles. The zero-order valence-electron chi connectivity index (χ0n) is 15.3. The molecule has 1 aromatic heterocycles. The Morgan fingerprint density at radius 2 is 2.08 bits per heavy atom. The minimum absolute atomic E-state index is 0.192. The van der Waals surface area contributed by atoms with Crippen LogP contribution in [0.5, 0.6) is 5.75 Å². The van der Waals surface area contributed by atoms with Gasteiger partial charge in [-0.1, -0.05) is 29.8 Å². The molecule has 26 heavy (non-hydrogen) atoms. The Morgan fingerprint density at radius 3 is 2.81 bits per heavy atom. The number of nitrogens with zero attached hydrogens (tertiary/aromatic N) is 1. The number of amides is 1. The molecule has 0 radical (unpaired) electrons. The first-order valence-corrected chi connectivity index (χ1v) is 9.13. The van der Waals surface area contributed by atoms with Gasteiger partial charge in [0.2, 0.25) is 5.91 Å². The molecule has 4 heteroatoms. The van der Waals surface area contributed by atoms with Crippen molar-refractivity contribution in [1.29, 1.82) is 0 Å². The van der Waals surface area contributed by atoms with Crippen molar-refractivity contribution in [2.24, 2.45) is 0 Å². The summed E-state index contributed by atoms with van der Waals surface area (Å²) in [5.74, 6) is 1.00. The molecule has 0 aliphatic heterocycles. The molecule has 0 unspecified atom stereocenters. The van der Waals surface area contributed by atoms with Crippen LogP contribution in [0.1, 0.15) is 29.5 Å². The first-order chi connectivity index (χ1) is 12.6. The van der Waals surface area contributed by atoms with Crippen LogP contribution in [0.4, 0.5) is 0 Å². The Kier molecular flexibility index (Phi) is 4.41. The standard InChI is InChI=1S/C22H24N2O2/c1-15-4-3-5-16(10-15)14-24(18-6-7-18)22(25)11-17-13-23-21-9-8-19(26-2)12-20(17)21/h3-5,8-10,12-13,18,23H,6-7,11,14H2,1-2H3. The van der Waals surface area contributed by atoms with Gasteiger partial charge in [0.05, 0.1) is 13.5 Å². The average Bonchev–Trinajstić information content (AvgIpc) is 3.41. The van der Waals surface area contributed by atoms with E-state index in [0.717, 1.165) is 35.1 Å². The first-order valence-electron chi connectivity index (χ1n) is 9.13. The number of nitrogens with one attached hydrogen (secondary N) is 1. The van der Waals surface area contributed by atoms with Crippen LogP contribution in [0.15, 0.2) is 48.7 Å². The summed E-state index contributed by atoms with van der Waals surface area (Å²) in [6.07, 6.45) is 4.58. The maximum absolute atomic E-state index is 13.1. The zero-order chi connectivity index (χ0) is 18.1. The number of rotatable bonds is 6. The number of aromatic amines is 1. The highest BCUT2D eigenvalue weighted by atomic mass is 16.5. The number of carbonyl (C=O) groups excluding carboxylic acids is 1. The van der Waals surface area contributed by atoms with E-state index >= 15 is 0 Å². The number of fused-ring (bicyclic) bond motifs is 1. The van der Waals surface area contributed by atoms with E-state index in [4.69, 9.17) is 4.74 Å². The summed E-state index contributed by atoms with van der Waals surface area (Å²) in [5, 5.41) is 1.06. The summed E-state index contributed by atoms with van der Waals surface area (Å²) in [7, 11) is 1.66. The van der Waals surface area contributed by atoms with Crippen molar-refractivity contribution in [3.63, 3.8) is 0 Å². The number of aromatic nitrogens is 1. The van der Waals surface area contributed by atoms with E-state index in [-0.39, 0.29) is 5.91 Å². The summed E-state index contributed by atoms with van der Waals surface area (Å²) >= 11 is 0. The van der Waals surface area contributed by atoms with E-state index in [2.05, 4.69) is 36.2 Å². The zero-order valence-corrected chi connectivity index (χ0v) is 15.3. The van der Waals surface area contributed by atoms with Crippen molar-refractivity contribution in [2.45, 2.75) is 38.8 Å². The average molecular weight is 348 g/mol. The van der Waals surface area contributed by atoms with Gasteiger partial charge in [-0.25, -0.2) is 0 Å². The highest BCUT2D eigenvalue weighted by molar-refractivity contribution is 5.90. The lowest BCUT2D eigenvalue weighted by atomic mass is 10.1. The number of aryl methyl sites for hydroxylation is 1. The van der Waals surface area contributed by atoms with Gasteiger partial charge in [0.25, 0.3) is 0 Å². The second kappa shape index (κ2) is 6.87. The number of methoxy groups -OCH3 is 1. The van der Waals surface area contributed by atoms with E-state index in [1.165, 1.54) is 11.1 Å². The normalized spacial score (nSPS) is 13.8. The molecule has 0 saturated heterocycles. The monoisotopic (exact) mass is 348 g/mol. The molecule has 0 atom stereocenters. The lowest BCUT2D eigenvalue weighted by Crippen LogP contribution is -2.33. The van der Waals surface area contributed by atoms with Crippen LogP contribution in [-0.2, 0) is 17.8 Å². The van der Waals surface area contributed by atoms with E-state index in [9.17, 15) is 4.79 Å². The number of carbonyl (C=O) groups is 1. The molecule has 0 spiro atoms. The minimum atomic E-state index is 0.192. The summed E-state index contributed by atoms with van der Waals surface area (Å²) in [5.41, 5.74) is 4.49. The predicted molar refractivity (Wildman–Crippen MR) is 103 cm³/mol. The van der Waals surface area contributed by atoms with Gasteiger partial charge in [0, 0.05) is 29.7 Å². The topological polar surface area (TPSA) is 45.3 Å². The van der Waals surface area contributed by atoms with Gasteiger partial charge in [-0.2, -0.15) is 0 Å². The summed E-state index contributed by atoms with van der Waals surface area (Å²) in [6, 6.07) is 14.7. The van der Waals surface area contributed by atoms with Gasteiger partial charge >= 0.3 is 0 Å². The number of H-pyrrole nitrogens is 1. The van der Waals surface area contributed by atoms with Crippen LogP contribution in [0.2, 0.25) is 0 Å². The third-order valence-electron chi connectivity index (χ3n) is 5.06. The SMILES string of the molecule is COc1ccc2[nH]cc(CC(=O)N(Cc3cccc(C)c3)C3CC3)c2c1. The third kappa shape index (κ3) is 3.45. The van der Waals surface area contributed by atoms with Crippen LogP contribution in [0.25, 0.3) is 10.9 Å². The smallest absolute Gasteiger partial charge is 0.227 e. The minimum Gasteiger partial charge on any atom is -0.497 e. The van der Waals surface area contributed by atoms with Gasteiger partial charge in [-0.05, 0) is 49.1 Å². The van der Waals surface area contributed by atoms with Crippen molar-refractivity contribution < 1.29 is 9.53 Å². The molecular weight excluding hydrogens is 324 g/mol. The third-order valence-corrected chi connectivity index (χ3v) is 5.06. The Labute approximate surface area is 153 Å². The van der Waals surface area contributed by atoms with Crippen molar-refractivity contribution in [3.05, 3.63) is 65.4 Å². The summed E-state index contributed by atoms with van der Waals surface area (Å²) in [6.45, 7) is 2.78. The lowest BCUT2D eigenvalue weighted by Gasteiger charge is -2.23. The lowest BCUT2D eigenvalue weighted by molar-refractivity contribution is -0.131. The Hall–Kier alpha value is -2.75.